The molecule has 4 rings (SSSR count). The first-order valence-electron chi connectivity index (χ1n) is 9.14. The largest absolute Gasteiger partial charge is 0.384 e. The van der Waals surface area contributed by atoms with Crippen LogP contribution in [-0.2, 0) is 14.8 Å². The molecule has 1 aliphatic heterocycles. The highest BCUT2D eigenvalue weighted by molar-refractivity contribution is 7.89. The molecule has 0 amide bonds. The smallest absolute Gasteiger partial charge is 0.261 e. The number of aliphatic hydroxyl groups is 1. The van der Waals surface area contributed by atoms with E-state index in [0.717, 1.165) is 5.56 Å². The molecule has 11 heteroatoms. The zero-order chi connectivity index (χ0) is 21.5. The SMILES string of the molecule is Cc1noc(-c2cc(-c3cc(S(=O)(=O)NCC4(O)COC4)ccc3C)cnc2N)n1. The van der Waals surface area contributed by atoms with Gasteiger partial charge >= 0.3 is 0 Å². The van der Waals surface area contributed by atoms with Crippen molar-refractivity contribution in [1.82, 2.24) is 19.8 Å². The van der Waals surface area contributed by atoms with Crippen LogP contribution in [0.2, 0.25) is 0 Å². The van der Waals surface area contributed by atoms with Crippen molar-refractivity contribution >= 4 is 15.8 Å². The van der Waals surface area contributed by atoms with E-state index in [1.807, 2.05) is 6.92 Å². The lowest BCUT2D eigenvalue weighted by Gasteiger charge is -2.36. The molecule has 3 aromatic rings. The molecule has 0 atom stereocenters. The Bertz CT molecular complexity index is 1200. The van der Waals surface area contributed by atoms with Crippen molar-refractivity contribution in [1.29, 1.82) is 0 Å². The van der Waals surface area contributed by atoms with Crippen molar-refractivity contribution in [3.63, 3.8) is 0 Å². The van der Waals surface area contributed by atoms with E-state index < -0.39 is 15.6 Å². The number of aryl methyl sites for hydroxylation is 2. The van der Waals surface area contributed by atoms with Crippen molar-refractivity contribution in [2.45, 2.75) is 24.3 Å². The first-order valence-corrected chi connectivity index (χ1v) is 10.6. The molecule has 10 nitrogen and oxygen atoms in total. The van der Waals surface area contributed by atoms with E-state index in [0.29, 0.717) is 22.5 Å². The van der Waals surface area contributed by atoms with Crippen molar-refractivity contribution in [2.24, 2.45) is 0 Å². The number of nitrogens with zero attached hydrogens (tertiary/aromatic N) is 3. The monoisotopic (exact) mass is 431 g/mol. The molecule has 1 aromatic carbocycles. The lowest BCUT2D eigenvalue weighted by atomic mass is 10.0. The van der Waals surface area contributed by atoms with Crippen LogP contribution in [0.4, 0.5) is 5.82 Å². The van der Waals surface area contributed by atoms with Gasteiger partial charge < -0.3 is 20.1 Å². The molecule has 0 bridgehead atoms. The maximum Gasteiger partial charge on any atom is 0.261 e. The second kappa shape index (κ2) is 7.43. The van der Waals surface area contributed by atoms with Crippen LogP contribution in [0.5, 0.6) is 0 Å². The fraction of sp³-hybridized carbons (Fsp3) is 0.316. The highest BCUT2D eigenvalue weighted by atomic mass is 32.2. The number of aromatic nitrogens is 3. The molecule has 1 saturated heterocycles. The van der Waals surface area contributed by atoms with Crippen LogP contribution in [0.3, 0.4) is 0 Å². The summed E-state index contributed by atoms with van der Waals surface area (Å²) in [5.74, 6) is 0.920. The molecule has 0 aliphatic carbocycles. The second-order valence-corrected chi connectivity index (χ2v) is 9.09. The Labute approximate surface area is 173 Å². The second-order valence-electron chi connectivity index (χ2n) is 7.32. The van der Waals surface area contributed by atoms with Gasteiger partial charge in [0.2, 0.25) is 10.0 Å². The molecule has 0 spiro atoms. The Balaban J connectivity index is 1.68. The van der Waals surface area contributed by atoms with E-state index in [4.69, 9.17) is 15.0 Å². The summed E-state index contributed by atoms with van der Waals surface area (Å²) in [4.78, 5) is 8.45. The summed E-state index contributed by atoms with van der Waals surface area (Å²) in [6.07, 6.45) is 1.56. The molecular formula is C19H21N5O5S. The number of hydrogen-bond donors (Lipinski definition) is 3. The number of anilines is 1. The van der Waals surface area contributed by atoms with Gasteiger partial charge in [0.15, 0.2) is 5.82 Å². The van der Waals surface area contributed by atoms with Gasteiger partial charge in [0, 0.05) is 18.3 Å². The minimum Gasteiger partial charge on any atom is -0.384 e. The van der Waals surface area contributed by atoms with Crippen molar-refractivity contribution in [3.8, 4) is 22.6 Å². The molecule has 1 aliphatic rings. The molecule has 3 heterocycles. The number of pyridine rings is 1. The van der Waals surface area contributed by atoms with Crippen molar-refractivity contribution in [3.05, 3.63) is 41.9 Å². The standard InChI is InChI=1S/C19H21N5O5S/c1-11-3-4-14(30(26,27)22-8-19(25)9-28-10-19)6-15(11)13-5-16(17(20)21-7-13)18-23-12(2)24-29-18/h3-7,22,25H,8-10H2,1-2H3,(H2,20,21). The zero-order valence-electron chi connectivity index (χ0n) is 16.4. The highest BCUT2D eigenvalue weighted by Gasteiger charge is 2.37. The number of nitrogens with one attached hydrogen (secondary N) is 1. The van der Waals surface area contributed by atoms with E-state index in [-0.39, 0.29) is 36.4 Å². The van der Waals surface area contributed by atoms with Gasteiger partial charge in [-0.1, -0.05) is 11.2 Å². The molecular weight excluding hydrogens is 410 g/mol. The summed E-state index contributed by atoms with van der Waals surface area (Å²) in [6.45, 7) is 3.63. The third-order valence-corrected chi connectivity index (χ3v) is 6.24. The molecule has 0 radical (unpaired) electrons. The number of nitrogen functional groups attached to an aromatic ring is 1. The third kappa shape index (κ3) is 3.92. The van der Waals surface area contributed by atoms with Gasteiger partial charge in [-0.3, -0.25) is 0 Å². The number of nitrogens with two attached hydrogens (primary N) is 1. The van der Waals surface area contributed by atoms with Gasteiger partial charge in [-0.05, 0) is 43.2 Å². The number of sulfonamides is 1. The van der Waals surface area contributed by atoms with Gasteiger partial charge in [0.05, 0.1) is 23.7 Å². The Morgan fingerprint density at radius 3 is 2.63 bits per heavy atom. The summed E-state index contributed by atoms with van der Waals surface area (Å²) in [7, 11) is -3.84. The Morgan fingerprint density at radius 1 is 1.23 bits per heavy atom. The van der Waals surface area contributed by atoms with E-state index >= 15 is 0 Å². The maximum atomic E-state index is 12.7. The van der Waals surface area contributed by atoms with Gasteiger partial charge in [-0.25, -0.2) is 18.1 Å². The lowest BCUT2D eigenvalue weighted by Crippen LogP contribution is -2.56. The number of benzene rings is 1. The predicted octanol–water partition coefficient (Wildman–Crippen LogP) is 1.04. The van der Waals surface area contributed by atoms with E-state index in [1.165, 1.54) is 6.07 Å². The normalized spacial score (nSPS) is 15.7. The van der Waals surface area contributed by atoms with Crippen LogP contribution >= 0.6 is 0 Å². The van der Waals surface area contributed by atoms with Gasteiger partial charge in [0.1, 0.15) is 11.4 Å². The van der Waals surface area contributed by atoms with Gasteiger partial charge in [-0.15, -0.1) is 0 Å². The highest BCUT2D eigenvalue weighted by Crippen LogP contribution is 2.31. The van der Waals surface area contributed by atoms with Crippen LogP contribution in [0.25, 0.3) is 22.6 Å². The molecule has 1 fully saturated rings. The Hall–Kier alpha value is -2.86. The Kier molecular flexibility index (Phi) is 5.06. The van der Waals surface area contributed by atoms with Crippen LogP contribution in [-0.4, -0.2) is 54.0 Å². The quantitative estimate of drug-likeness (QED) is 0.519. The minimum absolute atomic E-state index is 0.0685. The molecule has 4 N–H and O–H groups in total. The molecule has 0 saturated carbocycles. The summed E-state index contributed by atoms with van der Waals surface area (Å²) < 4.78 is 38.0. The number of rotatable bonds is 6. The van der Waals surface area contributed by atoms with E-state index in [1.54, 1.807) is 31.3 Å². The van der Waals surface area contributed by atoms with Crippen LogP contribution in [0, 0.1) is 13.8 Å². The van der Waals surface area contributed by atoms with E-state index in [2.05, 4.69) is 19.8 Å². The molecule has 2 aromatic heterocycles. The van der Waals surface area contributed by atoms with Gasteiger partial charge in [-0.2, -0.15) is 4.98 Å². The van der Waals surface area contributed by atoms with Gasteiger partial charge in [0.25, 0.3) is 5.89 Å². The molecule has 30 heavy (non-hydrogen) atoms. The summed E-state index contributed by atoms with van der Waals surface area (Å²) >= 11 is 0. The first-order chi connectivity index (χ1) is 14.2. The Morgan fingerprint density at radius 2 is 2.00 bits per heavy atom. The molecule has 0 unspecified atom stereocenters. The van der Waals surface area contributed by atoms with Crippen LogP contribution in [0.1, 0.15) is 11.4 Å². The summed E-state index contributed by atoms with van der Waals surface area (Å²) in [5.41, 5.74) is 7.42. The first kappa shape index (κ1) is 20.4. The topological polar surface area (TPSA) is 153 Å². The zero-order valence-corrected chi connectivity index (χ0v) is 17.2. The third-order valence-electron chi connectivity index (χ3n) is 4.84. The van der Waals surface area contributed by atoms with Crippen molar-refractivity contribution < 1.29 is 22.8 Å². The maximum absolute atomic E-state index is 12.7. The van der Waals surface area contributed by atoms with Crippen molar-refractivity contribution in [2.75, 3.05) is 25.5 Å². The summed E-state index contributed by atoms with van der Waals surface area (Å²) in [5, 5.41) is 13.8. The summed E-state index contributed by atoms with van der Waals surface area (Å²) in [6, 6.07) is 6.50. The average molecular weight is 431 g/mol. The number of ether oxygens (including phenoxy) is 1. The minimum atomic E-state index is -3.84. The average Bonchev–Trinajstić information content (AvgIpc) is 3.12. The van der Waals surface area contributed by atoms with Crippen LogP contribution in [0.15, 0.2) is 39.9 Å². The van der Waals surface area contributed by atoms with E-state index in [9.17, 15) is 13.5 Å². The van der Waals surface area contributed by atoms with Crippen LogP contribution < -0.4 is 10.5 Å². The fourth-order valence-corrected chi connectivity index (χ4v) is 4.18. The number of hydrogen-bond acceptors (Lipinski definition) is 9. The fourth-order valence-electron chi connectivity index (χ4n) is 3.03. The predicted molar refractivity (Wildman–Crippen MR) is 108 cm³/mol. The lowest BCUT2D eigenvalue weighted by molar-refractivity contribution is -0.172. The molecule has 158 valence electrons.